The van der Waals surface area contributed by atoms with E-state index in [2.05, 4.69) is 36.2 Å². The van der Waals surface area contributed by atoms with Gasteiger partial charge < -0.3 is 10.1 Å². The molecule has 4 aromatic rings. The molecule has 1 heterocycles. The predicted octanol–water partition coefficient (Wildman–Crippen LogP) is 4.95. The van der Waals surface area contributed by atoms with E-state index in [0.29, 0.717) is 22.6 Å². The molecule has 4 rings (SSSR count). The molecule has 3 aromatic carbocycles. The van der Waals surface area contributed by atoms with E-state index >= 15 is 0 Å². The van der Waals surface area contributed by atoms with Crippen molar-refractivity contribution in [2.24, 2.45) is 0 Å². The summed E-state index contributed by atoms with van der Waals surface area (Å²) in [4.78, 5) is 11.7. The van der Waals surface area contributed by atoms with Gasteiger partial charge in [0.1, 0.15) is 12.2 Å². The molecule has 0 aliphatic rings. The number of carbonyl (C=O) groups is 1. The number of hydrogen-bond donors (Lipinski definition) is 2. The Morgan fingerprint density at radius 3 is 2.43 bits per heavy atom. The zero-order valence-electron chi connectivity index (χ0n) is 19.1. The van der Waals surface area contributed by atoms with Crippen molar-refractivity contribution >= 4 is 54.2 Å². The van der Waals surface area contributed by atoms with Crippen LogP contribution in [-0.2, 0) is 19.6 Å². The first-order valence-corrected chi connectivity index (χ1v) is 13.1. The molecule has 8 nitrogen and oxygen atoms in total. The number of fused-ring (bicyclic) bond motifs is 1. The molecule has 0 atom stereocenters. The third-order valence-electron chi connectivity index (χ3n) is 5.26. The van der Waals surface area contributed by atoms with Crippen LogP contribution >= 0.6 is 15.9 Å². The highest BCUT2D eigenvalue weighted by Gasteiger charge is 2.20. The number of halogens is 1. The zero-order valence-corrected chi connectivity index (χ0v) is 21.5. The first-order valence-electron chi connectivity index (χ1n) is 10.8. The van der Waals surface area contributed by atoms with Crippen LogP contribution in [0, 0.1) is 6.92 Å². The second-order valence-corrected chi connectivity index (χ2v) is 10.3. The first-order chi connectivity index (χ1) is 16.8. The molecule has 0 aliphatic heterocycles. The first kappa shape index (κ1) is 24.8. The van der Waals surface area contributed by atoms with Crippen molar-refractivity contribution < 1.29 is 17.9 Å². The van der Waals surface area contributed by atoms with Crippen molar-refractivity contribution in [1.29, 1.82) is 0 Å². The Bertz CT molecular complexity index is 1490. The van der Waals surface area contributed by atoms with Crippen LogP contribution in [0.1, 0.15) is 12.5 Å². The van der Waals surface area contributed by atoms with E-state index in [4.69, 9.17) is 4.74 Å². The number of ether oxygens (including phenoxy) is 1. The number of esters is 1. The maximum atomic E-state index is 12.9. The Morgan fingerprint density at radius 1 is 1.00 bits per heavy atom. The van der Waals surface area contributed by atoms with E-state index in [9.17, 15) is 13.2 Å². The number of carbonyl (C=O) groups excluding carboxylic acids is 1. The fourth-order valence-electron chi connectivity index (χ4n) is 3.56. The molecular weight excluding hydrogens is 532 g/mol. The van der Waals surface area contributed by atoms with E-state index in [1.165, 1.54) is 0 Å². The molecule has 0 unspecified atom stereocenters. The molecule has 0 radical (unpaired) electrons. The minimum absolute atomic E-state index is 0.0576. The fourth-order valence-corrected chi connectivity index (χ4v) is 5.06. The highest BCUT2D eigenvalue weighted by Crippen LogP contribution is 2.32. The maximum Gasteiger partial charge on any atom is 0.321 e. The summed E-state index contributed by atoms with van der Waals surface area (Å²) in [7, 11) is -3.96. The molecule has 0 amide bonds. The molecule has 35 heavy (non-hydrogen) atoms. The summed E-state index contributed by atoms with van der Waals surface area (Å²) in [5.41, 5.74) is 2.53. The van der Waals surface area contributed by atoms with Gasteiger partial charge in [-0.05, 0) is 49.7 Å². The largest absolute Gasteiger partial charge is 0.465 e. The molecule has 0 bridgehead atoms. The summed E-state index contributed by atoms with van der Waals surface area (Å²) in [5.74, 6) is -0.0571. The lowest BCUT2D eigenvalue weighted by atomic mass is 10.0. The molecule has 0 aliphatic carbocycles. The van der Waals surface area contributed by atoms with Gasteiger partial charge in [0.05, 0.1) is 11.5 Å². The summed E-state index contributed by atoms with van der Waals surface area (Å²) in [6.45, 7) is 3.08. The van der Waals surface area contributed by atoms with E-state index in [1.807, 2.05) is 48.5 Å². The van der Waals surface area contributed by atoms with Crippen molar-refractivity contribution in [3.05, 3.63) is 76.8 Å². The van der Waals surface area contributed by atoms with Crippen molar-refractivity contribution in [3.8, 4) is 11.3 Å². The Morgan fingerprint density at radius 2 is 1.71 bits per heavy atom. The number of hydrogen-bond acceptors (Lipinski definition) is 7. The van der Waals surface area contributed by atoms with Gasteiger partial charge in [0.2, 0.25) is 10.0 Å². The lowest BCUT2D eigenvalue weighted by Gasteiger charge is -2.13. The summed E-state index contributed by atoms with van der Waals surface area (Å²) >= 11 is 3.43. The van der Waals surface area contributed by atoms with Crippen LogP contribution in [0.25, 0.3) is 22.0 Å². The van der Waals surface area contributed by atoms with Gasteiger partial charge in [0, 0.05) is 26.5 Å². The monoisotopic (exact) mass is 554 g/mol. The molecule has 0 spiro atoms. The summed E-state index contributed by atoms with van der Waals surface area (Å²) in [6.07, 6.45) is 0. The number of aryl methyl sites for hydroxylation is 1. The smallest absolute Gasteiger partial charge is 0.321 e. The summed E-state index contributed by atoms with van der Waals surface area (Å²) in [5, 5.41) is 13.8. The molecule has 0 saturated heterocycles. The van der Waals surface area contributed by atoms with Crippen LogP contribution in [-0.4, -0.2) is 37.7 Å². The number of sulfonamides is 1. The summed E-state index contributed by atoms with van der Waals surface area (Å²) in [6, 6.07) is 20.4. The van der Waals surface area contributed by atoms with Crippen LogP contribution in [0.5, 0.6) is 0 Å². The number of nitrogens with zero attached hydrogens (tertiary/aromatic N) is 2. The van der Waals surface area contributed by atoms with Gasteiger partial charge in [-0.3, -0.25) is 4.79 Å². The number of benzene rings is 3. The topological polar surface area (TPSA) is 110 Å². The van der Waals surface area contributed by atoms with E-state index in [1.54, 1.807) is 32.0 Å². The van der Waals surface area contributed by atoms with Crippen molar-refractivity contribution in [2.45, 2.75) is 18.7 Å². The van der Waals surface area contributed by atoms with Crippen molar-refractivity contribution in [1.82, 2.24) is 14.9 Å². The standard InChI is InChI=1S/C25H23BrN4O4S/c1-3-34-23(31)15-27-35(32,33)22-14-17(9-8-16(22)2)24-20-6-4-5-7-21(20)25(30-29-24)28-19-12-10-18(26)11-13-19/h4-14,27H,3,15H2,1-2H3,(H,28,30). The van der Waals surface area contributed by atoms with Gasteiger partial charge in [-0.2, -0.15) is 4.72 Å². The van der Waals surface area contributed by atoms with E-state index < -0.39 is 22.5 Å². The molecule has 180 valence electrons. The van der Waals surface area contributed by atoms with Gasteiger partial charge in [0.25, 0.3) is 0 Å². The molecule has 2 N–H and O–H groups in total. The molecule has 0 saturated carbocycles. The minimum Gasteiger partial charge on any atom is -0.465 e. The van der Waals surface area contributed by atoms with Gasteiger partial charge in [0.15, 0.2) is 5.82 Å². The second-order valence-electron chi connectivity index (χ2n) is 7.68. The lowest BCUT2D eigenvalue weighted by molar-refractivity contribution is -0.141. The van der Waals surface area contributed by atoms with Crippen LogP contribution < -0.4 is 10.0 Å². The Hall–Kier alpha value is -3.34. The molecule has 10 heteroatoms. The van der Waals surface area contributed by atoms with Gasteiger partial charge in [-0.15, -0.1) is 10.2 Å². The second kappa shape index (κ2) is 10.5. The number of rotatable bonds is 8. The molecule has 0 fully saturated rings. The summed E-state index contributed by atoms with van der Waals surface area (Å²) < 4.78 is 33.9. The zero-order chi connectivity index (χ0) is 25.0. The number of anilines is 2. The number of aromatic nitrogens is 2. The Labute approximate surface area is 211 Å². The van der Waals surface area contributed by atoms with Crippen LogP contribution in [0.4, 0.5) is 11.5 Å². The Balaban J connectivity index is 1.72. The van der Waals surface area contributed by atoms with Crippen LogP contribution in [0.15, 0.2) is 76.1 Å². The predicted molar refractivity (Wildman–Crippen MR) is 139 cm³/mol. The minimum atomic E-state index is -3.96. The molecular formula is C25H23BrN4O4S. The highest BCUT2D eigenvalue weighted by atomic mass is 79.9. The van der Waals surface area contributed by atoms with E-state index in [-0.39, 0.29) is 11.5 Å². The normalized spacial score (nSPS) is 11.4. The van der Waals surface area contributed by atoms with Gasteiger partial charge in [-0.1, -0.05) is 52.3 Å². The molecule has 1 aromatic heterocycles. The maximum absolute atomic E-state index is 12.9. The van der Waals surface area contributed by atoms with Gasteiger partial charge in [-0.25, -0.2) is 8.42 Å². The lowest BCUT2D eigenvalue weighted by Crippen LogP contribution is -2.31. The van der Waals surface area contributed by atoms with Gasteiger partial charge >= 0.3 is 5.97 Å². The quantitative estimate of drug-likeness (QED) is 0.296. The average Bonchev–Trinajstić information content (AvgIpc) is 2.85. The average molecular weight is 555 g/mol. The van der Waals surface area contributed by atoms with Crippen molar-refractivity contribution in [3.63, 3.8) is 0 Å². The number of nitrogens with one attached hydrogen (secondary N) is 2. The highest BCUT2D eigenvalue weighted by molar-refractivity contribution is 9.10. The SMILES string of the molecule is CCOC(=O)CNS(=O)(=O)c1cc(-c2nnc(Nc3ccc(Br)cc3)c3ccccc23)ccc1C. The van der Waals surface area contributed by atoms with Crippen LogP contribution in [0.2, 0.25) is 0 Å². The Kier molecular flexibility index (Phi) is 7.44. The van der Waals surface area contributed by atoms with Crippen LogP contribution in [0.3, 0.4) is 0 Å². The third kappa shape index (κ3) is 5.67. The van der Waals surface area contributed by atoms with Crippen molar-refractivity contribution in [2.75, 3.05) is 18.5 Å². The third-order valence-corrected chi connectivity index (χ3v) is 7.33. The fraction of sp³-hybridized carbons (Fsp3) is 0.160. The van der Waals surface area contributed by atoms with E-state index in [0.717, 1.165) is 20.9 Å².